The van der Waals surface area contributed by atoms with Crippen molar-refractivity contribution in [2.45, 2.75) is 32.7 Å². The second-order valence-electron chi connectivity index (χ2n) is 9.40. The number of nitrogens with one attached hydrogen (secondary N) is 3. The maximum absolute atomic E-state index is 13.3. The Kier molecular flexibility index (Phi) is 10.5. The highest BCUT2D eigenvalue weighted by Crippen LogP contribution is 2.35. The number of urea groups is 1. The Morgan fingerprint density at radius 1 is 1.09 bits per heavy atom. The molecule has 4 rings (SSSR count). The first kappa shape index (κ1) is 30.8. The standard InChI is InChI=1S/C31H33FN4O7/c1-4-41-26-15-22(29-28(30(38)40-3)19(2)34-31(39)35-29)10-13-25(26)43-18-27(37)36-33-16-20-8-11-24(12-9-20)42-17-21-6-5-7-23(32)14-21/h5-16,27,29,36-37H,4,17-18H2,1-3H3,(H2,34,35,39)/b33-16-/t27-,29-/m1/s1. The topological polar surface area (TPSA) is 140 Å². The van der Waals surface area contributed by atoms with E-state index in [2.05, 4.69) is 21.2 Å². The number of hydrazone groups is 1. The Morgan fingerprint density at radius 2 is 1.88 bits per heavy atom. The van der Waals surface area contributed by atoms with Gasteiger partial charge in [-0.05, 0) is 79.1 Å². The molecule has 0 aromatic heterocycles. The molecule has 0 saturated heterocycles. The Hall–Kier alpha value is -5.10. The number of esters is 1. The van der Waals surface area contributed by atoms with Crippen LogP contribution < -0.4 is 30.3 Å². The van der Waals surface area contributed by atoms with Crippen molar-refractivity contribution in [3.8, 4) is 17.2 Å². The third-order valence-electron chi connectivity index (χ3n) is 6.28. The van der Waals surface area contributed by atoms with E-state index < -0.39 is 24.3 Å². The summed E-state index contributed by atoms with van der Waals surface area (Å²) < 4.78 is 35.4. The van der Waals surface area contributed by atoms with E-state index in [0.717, 1.165) is 11.1 Å². The normalized spacial score (nSPS) is 15.4. The van der Waals surface area contributed by atoms with Gasteiger partial charge < -0.3 is 34.7 Å². The number of halogens is 1. The smallest absolute Gasteiger partial charge is 0.337 e. The van der Waals surface area contributed by atoms with Crippen LogP contribution in [0.25, 0.3) is 0 Å². The number of aliphatic hydroxyl groups is 1. The van der Waals surface area contributed by atoms with Crippen molar-refractivity contribution in [1.29, 1.82) is 0 Å². The number of benzene rings is 3. The molecule has 1 heterocycles. The number of ether oxygens (including phenoxy) is 4. The predicted molar refractivity (Wildman–Crippen MR) is 156 cm³/mol. The molecule has 2 atom stereocenters. The minimum atomic E-state index is -1.14. The van der Waals surface area contributed by atoms with Crippen molar-refractivity contribution in [3.63, 3.8) is 0 Å². The van der Waals surface area contributed by atoms with Crippen molar-refractivity contribution in [1.82, 2.24) is 16.1 Å². The quantitative estimate of drug-likeness (QED) is 0.101. The molecule has 12 heteroatoms. The van der Waals surface area contributed by atoms with Gasteiger partial charge in [0.2, 0.25) is 0 Å². The molecule has 3 aromatic rings. The molecular weight excluding hydrogens is 559 g/mol. The number of carbonyl (C=O) groups excluding carboxylic acids is 2. The van der Waals surface area contributed by atoms with E-state index in [0.29, 0.717) is 35.1 Å². The lowest BCUT2D eigenvalue weighted by Crippen LogP contribution is -2.45. The second-order valence-corrected chi connectivity index (χ2v) is 9.40. The van der Waals surface area contributed by atoms with Gasteiger partial charge in [-0.1, -0.05) is 18.2 Å². The van der Waals surface area contributed by atoms with Gasteiger partial charge >= 0.3 is 12.0 Å². The third-order valence-corrected chi connectivity index (χ3v) is 6.28. The van der Waals surface area contributed by atoms with Crippen LogP contribution in [0.5, 0.6) is 17.2 Å². The van der Waals surface area contributed by atoms with Gasteiger partial charge in [-0.25, -0.2) is 14.0 Å². The average Bonchev–Trinajstić information content (AvgIpc) is 2.99. The number of hydrogen-bond acceptors (Lipinski definition) is 9. The minimum Gasteiger partial charge on any atom is -0.490 e. The van der Waals surface area contributed by atoms with Gasteiger partial charge in [-0.15, -0.1) is 0 Å². The summed E-state index contributed by atoms with van der Waals surface area (Å²) in [6, 6.07) is 17.1. The average molecular weight is 593 g/mol. The molecule has 2 amide bonds. The van der Waals surface area contributed by atoms with Crippen LogP contribution in [-0.2, 0) is 16.1 Å². The summed E-state index contributed by atoms with van der Waals surface area (Å²) in [5.41, 5.74) is 5.32. The number of hydrogen-bond donors (Lipinski definition) is 4. The zero-order valence-corrected chi connectivity index (χ0v) is 23.9. The van der Waals surface area contributed by atoms with E-state index in [1.807, 2.05) is 0 Å². The maximum Gasteiger partial charge on any atom is 0.337 e. The first-order valence-corrected chi connectivity index (χ1v) is 13.5. The van der Waals surface area contributed by atoms with Crippen LogP contribution in [0.1, 0.15) is 36.6 Å². The fraction of sp³-hybridized carbons (Fsp3) is 0.258. The number of carbonyl (C=O) groups is 2. The van der Waals surface area contributed by atoms with Gasteiger partial charge in [0.25, 0.3) is 0 Å². The fourth-order valence-corrected chi connectivity index (χ4v) is 4.26. The van der Waals surface area contributed by atoms with Crippen LogP contribution in [-0.4, -0.2) is 49.9 Å². The van der Waals surface area contributed by atoms with Gasteiger partial charge in [-0.2, -0.15) is 5.10 Å². The lowest BCUT2D eigenvalue weighted by atomic mass is 9.95. The Balaban J connectivity index is 1.32. The molecule has 0 aliphatic carbocycles. The number of amides is 2. The highest BCUT2D eigenvalue weighted by atomic mass is 19.1. The first-order chi connectivity index (χ1) is 20.8. The number of nitrogens with zero attached hydrogens (tertiary/aromatic N) is 1. The van der Waals surface area contributed by atoms with Crippen molar-refractivity contribution in [2.75, 3.05) is 20.3 Å². The molecule has 3 aromatic carbocycles. The van der Waals surface area contributed by atoms with Gasteiger partial charge in [0.05, 0.1) is 31.5 Å². The van der Waals surface area contributed by atoms with E-state index in [9.17, 15) is 19.1 Å². The van der Waals surface area contributed by atoms with Crippen LogP contribution in [0.3, 0.4) is 0 Å². The number of allylic oxidation sites excluding steroid dienone is 1. The van der Waals surface area contributed by atoms with E-state index >= 15 is 0 Å². The molecule has 0 fully saturated rings. The Bertz CT molecular complexity index is 1490. The van der Waals surface area contributed by atoms with Crippen molar-refractivity contribution >= 4 is 18.2 Å². The molecule has 0 unspecified atom stereocenters. The van der Waals surface area contributed by atoms with E-state index in [1.54, 1.807) is 68.4 Å². The molecule has 0 radical (unpaired) electrons. The van der Waals surface area contributed by atoms with Crippen LogP contribution in [0.4, 0.5) is 9.18 Å². The maximum atomic E-state index is 13.3. The highest BCUT2D eigenvalue weighted by molar-refractivity contribution is 5.95. The van der Waals surface area contributed by atoms with Crippen LogP contribution in [0, 0.1) is 5.82 Å². The fourth-order valence-electron chi connectivity index (χ4n) is 4.26. The molecular formula is C31H33FN4O7. The zero-order chi connectivity index (χ0) is 30.8. The van der Waals surface area contributed by atoms with Gasteiger partial charge in [-0.3, -0.25) is 5.43 Å². The number of aliphatic hydroxyl groups excluding tert-OH is 1. The van der Waals surface area contributed by atoms with E-state index in [1.165, 1.54) is 25.5 Å². The summed E-state index contributed by atoms with van der Waals surface area (Å²) in [7, 11) is 1.27. The lowest BCUT2D eigenvalue weighted by molar-refractivity contribution is -0.136. The highest BCUT2D eigenvalue weighted by Gasteiger charge is 2.32. The number of rotatable bonds is 13. The van der Waals surface area contributed by atoms with Crippen LogP contribution in [0.15, 0.2) is 83.1 Å². The Labute approximate surface area is 248 Å². The third kappa shape index (κ3) is 8.46. The van der Waals surface area contributed by atoms with Gasteiger partial charge in [0.1, 0.15) is 24.8 Å². The summed E-state index contributed by atoms with van der Waals surface area (Å²) in [4.78, 5) is 24.5. The molecule has 0 bridgehead atoms. The first-order valence-electron chi connectivity index (χ1n) is 13.5. The van der Waals surface area contributed by atoms with Gasteiger partial charge in [0.15, 0.2) is 17.7 Å². The molecule has 1 aliphatic rings. The van der Waals surface area contributed by atoms with Crippen molar-refractivity contribution < 1.29 is 38.0 Å². The Morgan fingerprint density at radius 3 is 2.60 bits per heavy atom. The summed E-state index contributed by atoms with van der Waals surface area (Å²) in [6.07, 6.45) is 0.390. The summed E-state index contributed by atoms with van der Waals surface area (Å²) in [5.74, 6) is 0.449. The van der Waals surface area contributed by atoms with Crippen molar-refractivity contribution in [2.24, 2.45) is 5.10 Å². The summed E-state index contributed by atoms with van der Waals surface area (Å²) in [5, 5.41) is 19.7. The van der Waals surface area contributed by atoms with Crippen LogP contribution in [0.2, 0.25) is 0 Å². The summed E-state index contributed by atoms with van der Waals surface area (Å²) >= 11 is 0. The molecule has 11 nitrogen and oxygen atoms in total. The zero-order valence-electron chi connectivity index (χ0n) is 23.9. The van der Waals surface area contributed by atoms with Crippen LogP contribution >= 0.6 is 0 Å². The largest absolute Gasteiger partial charge is 0.490 e. The van der Waals surface area contributed by atoms with E-state index in [4.69, 9.17) is 18.9 Å². The molecule has 1 aliphatic heterocycles. The molecule has 0 spiro atoms. The number of methoxy groups -OCH3 is 1. The van der Waals surface area contributed by atoms with Crippen molar-refractivity contribution in [3.05, 3.63) is 101 Å². The molecule has 0 saturated carbocycles. The molecule has 43 heavy (non-hydrogen) atoms. The van der Waals surface area contributed by atoms with E-state index in [-0.39, 0.29) is 24.6 Å². The molecule has 226 valence electrons. The minimum absolute atomic E-state index is 0.153. The predicted octanol–water partition coefficient (Wildman–Crippen LogP) is 3.93. The van der Waals surface area contributed by atoms with Gasteiger partial charge in [0, 0.05) is 5.70 Å². The molecule has 4 N–H and O–H groups in total. The monoisotopic (exact) mass is 592 g/mol. The second kappa shape index (κ2) is 14.7. The SMILES string of the molecule is CCOc1cc([C@H]2NC(=O)NC(C)=C2C(=O)OC)ccc1OC[C@@H](O)N/N=C\c1ccc(OCc2cccc(F)c2)cc1. The lowest BCUT2D eigenvalue weighted by Gasteiger charge is -2.28. The summed E-state index contributed by atoms with van der Waals surface area (Å²) in [6.45, 7) is 3.85.